The highest BCUT2D eigenvalue weighted by atomic mass is 16.5. The summed E-state index contributed by atoms with van der Waals surface area (Å²) in [5.41, 5.74) is 4.15. The molecule has 0 radical (unpaired) electrons. The fraction of sp³-hybridized carbons (Fsp3) is 0.133. The normalized spacial score (nSPS) is 10.0. The van der Waals surface area contributed by atoms with Crippen molar-refractivity contribution >= 4 is 5.76 Å². The Hall–Kier alpha value is -2.09. The third-order valence-electron chi connectivity index (χ3n) is 2.73. The zero-order chi connectivity index (χ0) is 12.3. The molecule has 0 unspecified atom stereocenters. The maximum absolute atomic E-state index is 5.13. The predicted molar refractivity (Wildman–Crippen MR) is 70.5 cm³/mol. The minimum absolute atomic E-state index is 0.648. The third kappa shape index (κ3) is 2.36. The van der Waals surface area contributed by atoms with Crippen LogP contribution in [-0.4, -0.2) is 12.1 Å². The van der Waals surface area contributed by atoms with Crippen LogP contribution in [0.1, 0.15) is 11.1 Å². The molecule has 1 heterocycles. The Morgan fingerprint density at radius 2 is 1.94 bits per heavy atom. The number of hydrogen-bond acceptors (Lipinski definition) is 2. The molecule has 0 spiro atoms. The Kier molecular flexibility index (Phi) is 3.24. The summed E-state index contributed by atoms with van der Waals surface area (Å²) in [5.74, 6) is 0.648. The molecular formula is C15H15NO. The van der Waals surface area contributed by atoms with Crippen LogP contribution in [0.4, 0.5) is 0 Å². The Bertz CT molecular complexity index is 532. The number of pyridine rings is 1. The molecule has 0 aliphatic carbocycles. The fourth-order valence-corrected chi connectivity index (χ4v) is 1.72. The molecule has 1 aromatic carbocycles. The Labute approximate surface area is 102 Å². The van der Waals surface area contributed by atoms with E-state index in [1.807, 2.05) is 43.5 Å². The van der Waals surface area contributed by atoms with Crippen molar-refractivity contribution in [2.75, 3.05) is 7.11 Å². The van der Waals surface area contributed by atoms with E-state index < -0.39 is 0 Å². The average molecular weight is 225 g/mol. The van der Waals surface area contributed by atoms with Crippen molar-refractivity contribution in [3.05, 3.63) is 60.3 Å². The van der Waals surface area contributed by atoms with Gasteiger partial charge in [0, 0.05) is 17.3 Å². The molecule has 2 rings (SSSR count). The van der Waals surface area contributed by atoms with E-state index >= 15 is 0 Å². The summed E-state index contributed by atoms with van der Waals surface area (Å²) in [5, 5.41) is 0. The molecule has 86 valence electrons. The molecule has 0 fully saturated rings. The van der Waals surface area contributed by atoms with Crippen molar-refractivity contribution < 1.29 is 4.74 Å². The molecule has 17 heavy (non-hydrogen) atoms. The second-order valence-electron chi connectivity index (χ2n) is 3.88. The molecule has 0 N–H and O–H groups in total. The number of aromatic nitrogens is 1. The molecule has 0 atom stereocenters. The summed E-state index contributed by atoms with van der Waals surface area (Å²) in [6, 6.07) is 12.2. The Morgan fingerprint density at radius 3 is 2.53 bits per heavy atom. The Balaban J connectivity index is 2.41. The first kappa shape index (κ1) is 11.4. The van der Waals surface area contributed by atoms with Gasteiger partial charge in [0.2, 0.25) is 0 Å². The van der Waals surface area contributed by atoms with E-state index in [9.17, 15) is 0 Å². The van der Waals surface area contributed by atoms with Crippen molar-refractivity contribution in [2.24, 2.45) is 0 Å². The summed E-state index contributed by atoms with van der Waals surface area (Å²) in [7, 11) is 1.62. The van der Waals surface area contributed by atoms with E-state index in [1.54, 1.807) is 7.11 Å². The summed E-state index contributed by atoms with van der Waals surface area (Å²) >= 11 is 0. The van der Waals surface area contributed by atoms with Gasteiger partial charge in [0.25, 0.3) is 0 Å². The zero-order valence-corrected chi connectivity index (χ0v) is 10.1. The number of ether oxygens (including phenoxy) is 1. The molecule has 2 heteroatoms. The molecular weight excluding hydrogens is 210 g/mol. The first-order valence-electron chi connectivity index (χ1n) is 5.47. The standard InChI is InChI=1S/C15H15NO/c1-11-9-15(13-7-5-4-6-8-13)16-10-14(11)12(2)17-3/h4-10H,2H2,1,3H3. The van der Waals surface area contributed by atoms with Crippen molar-refractivity contribution in [3.63, 3.8) is 0 Å². The topological polar surface area (TPSA) is 22.1 Å². The van der Waals surface area contributed by atoms with Crippen LogP contribution >= 0.6 is 0 Å². The zero-order valence-electron chi connectivity index (χ0n) is 10.1. The van der Waals surface area contributed by atoms with Crippen LogP contribution in [0.25, 0.3) is 17.0 Å². The van der Waals surface area contributed by atoms with Crippen LogP contribution in [0, 0.1) is 6.92 Å². The monoisotopic (exact) mass is 225 g/mol. The van der Waals surface area contributed by atoms with E-state index in [-0.39, 0.29) is 0 Å². The van der Waals surface area contributed by atoms with E-state index in [2.05, 4.69) is 17.6 Å². The van der Waals surface area contributed by atoms with Gasteiger partial charge in [-0.3, -0.25) is 4.98 Å². The van der Waals surface area contributed by atoms with Crippen molar-refractivity contribution in [1.29, 1.82) is 0 Å². The average Bonchev–Trinajstić information content (AvgIpc) is 2.39. The van der Waals surface area contributed by atoms with Crippen molar-refractivity contribution in [3.8, 4) is 11.3 Å². The lowest BCUT2D eigenvalue weighted by molar-refractivity contribution is 0.371. The van der Waals surface area contributed by atoms with Gasteiger partial charge in [0.05, 0.1) is 12.8 Å². The molecule has 0 saturated carbocycles. The number of methoxy groups -OCH3 is 1. The lowest BCUT2D eigenvalue weighted by atomic mass is 10.1. The first-order valence-corrected chi connectivity index (χ1v) is 5.47. The van der Waals surface area contributed by atoms with Gasteiger partial charge in [0.1, 0.15) is 5.76 Å². The SMILES string of the molecule is C=C(OC)c1cnc(-c2ccccc2)cc1C. The maximum atomic E-state index is 5.13. The lowest BCUT2D eigenvalue weighted by Gasteiger charge is -2.09. The smallest absolute Gasteiger partial charge is 0.120 e. The quantitative estimate of drug-likeness (QED) is 0.743. The van der Waals surface area contributed by atoms with E-state index in [0.29, 0.717) is 5.76 Å². The van der Waals surface area contributed by atoms with Crippen LogP contribution < -0.4 is 0 Å². The molecule has 0 saturated heterocycles. The van der Waals surface area contributed by atoms with Crippen molar-refractivity contribution in [1.82, 2.24) is 4.98 Å². The number of rotatable bonds is 3. The molecule has 2 aromatic rings. The lowest BCUT2D eigenvalue weighted by Crippen LogP contribution is -1.93. The number of aryl methyl sites for hydroxylation is 1. The highest BCUT2D eigenvalue weighted by molar-refractivity contribution is 5.65. The van der Waals surface area contributed by atoms with Crippen LogP contribution in [0.2, 0.25) is 0 Å². The van der Waals surface area contributed by atoms with Gasteiger partial charge in [-0.15, -0.1) is 0 Å². The number of nitrogens with zero attached hydrogens (tertiary/aromatic N) is 1. The number of benzene rings is 1. The summed E-state index contributed by atoms with van der Waals surface area (Å²) < 4.78 is 5.13. The predicted octanol–water partition coefficient (Wildman–Crippen LogP) is 3.67. The third-order valence-corrected chi connectivity index (χ3v) is 2.73. The van der Waals surface area contributed by atoms with Gasteiger partial charge in [-0.1, -0.05) is 36.9 Å². The maximum Gasteiger partial charge on any atom is 0.120 e. The van der Waals surface area contributed by atoms with Gasteiger partial charge < -0.3 is 4.74 Å². The molecule has 0 amide bonds. The van der Waals surface area contributed by atoms with Crippen LogP contribution in [0.15, 0.2) is 49.2 Å². The molecule has 2 nitrogen and oxygen atoms in total. The summed E-state index contributed by atoms with van der Waals surface area (Å²) in [6.07, 6.45) is 1.81. The molecule has 0 aliphatic rings. The van der Waals surface area contributed by atoms with Crippen molar-refractivity contribution in [2.45, 2.75) is 6.92 Å². The second kappa shape index (κ2) is 4.83. The minimum atomic E-state index is 0.648. The second-order valence-corrected chi connectivity index (χ2v) is 3.88. The highest BCUT2D eigenvalue weighted by Crippen LogP contribution is 2.22. The summed E-state index contributed by atoms with van der Waals surface area (Å²) in [6.45, 7) is 5.88. The van der Waals surface area contributed by atoms with Gasteiger partial charge in [-0.25, -0.2) is 0 Å². The molecule has 0 aliphatic heterocycles. The van der Waals surface area contributed by atoms with Crippen LogP contribution in [-0.2, 0) is 4.74 Å². The van der Waals surface area contributed by atoms with Gasteiger partial charge in [-0.2, -0.15) is 0 Å². The van der Waals surface area contributed by atoms with Gasteiger partial charge in [0.15, 0.2) is 0 Å². The Morgan fingerprint density at radius 1 is 1.24 bits per heavy atom. The fourth-order valence-electron chi connectivity index (χ4n) is 1.72. The molecule has 1 aromatic heterocycles. The van der Waals surface area contributed by atoms with Gasteiger partial charge in [-0.05, 0) is 18.6 Å². The van der Waals surface area contributed by atoms with Gasteiger partial charge >= 0.3 is 0 Å². The minimum Gasteiger partial charge on any atom is -0.497 e. The van der Waals surface area contributed by atoms with Crippen LogP contribution in [0.5, 0.6) is 0 Å². The van der Waals surface area contributed by atoms with Crippen LogP contribution in [0.3, 0.4) is 0 Å². The largest absolute Gasteiger partial charge is 0.497 e. The van der Waals surface area contributed by atoms with E-state index in [0.717, 1.165) is 22.4 Å². The first-order chi connectivity index (χ1) is 8.22. The molecule has 0 bridgehead atoms. The summed E-state index contributed by atoms with van der Waals surface area (Å²) in [4.78, 5) is 4.44. The van der Waals surface area contributed by atoms with E-state index in [4.69, 9.17) is 4.74 Å². The highest BCUT2D eigenvalue weighted by Gasteiger charge is 2.06. The number of hydrogen-bond donors (Lipinski definition) is 0. The van der Waals surface area contributed by atoms with E-state index in [1.165, 1.54) is 0 Å².